The molecule has 0 spiro atoms. The molecule has 0 fully saturated rings. The predicted octanol–water partition coefficient (Wildman–Crippen LogP) is -1.71. The van der Waals surface area contributed by atoms with E-state index in [0.29, 0.717) is 0 Å². The highest BCUT2D eigenvalue weighted by Crippen LogP contribution is 2.10. The Morgan fingerprint density at radius 1 is 1.33 bits per heavy atom. The van der Waals surface area contributed by atoms with Crippen LogP contribution in [0.2, 0.25) is 0 Å². The van der Waals surface area contributed by atoms with Gasteiger partial charge in [-0.15, -0.1) is 0 Å². The van der Waals surface area contributed by atoms with Crippen LogP contribution in [-0.4, -0.2) is 18.4 Å². The van der Waals surface area contributed by atoms with Crippen molar-refractivity contribution in [3.05, 3.63) is 6.20 Å². The number of nitrogens with zero attached hydrogens (tertiary/aromatic N) is 2. The third kappa shape index (κ3) is 1.60. The largest absolute Gasteiger partial charge is 0.394 e. The lowest BCUT2D eigenvalue weighted by molar-refractivity contribution is 0.589. The second-order valence-electron chi connectivity index (χ2n) is 2.04. The fourth-order valence-electron chi connectivity index (χ4n) is 0.524. The summed E-state index contributed by atoms with van der Waals surface area (Å²) >= 11 is 0. The van der Waals surface area contributed by atoms with Crippen molar-refractivity contribution in [3.8, 4) is 0 Å². The van der Waals surface area contributed by atoms with Gasteiger partial charge in [0.25, 0.3) is 15.2 Å². The smallest absolute Gasteiger partial charge is 0.273 e. The summed E-state index contributed by atoms with van der Waals surface area (Å²) < 4.78 is 21.3. The number of primary sulfonamides is 1. The molecule has 66 valence electrons. The molecule has 0 radical (unpaired) electrons. The molecule has 0 aliphatic carbocycles. The molecule has 6 N–H and O–H groups in total. The molecule has 1 aromatic rings. The lowest BCUT2D eigenvalue weighted by atomic mass is 10.5. The van der Waals surface area contributed by atoms with Crippen LogP contribution in [0.25, 0.3) is 0 Å². The SMILES string of the molecule is Nc1cnc(S(N)(=O)=O)nc1N. The normalized spacial score (nSPS) is 11.4. The molecule has 0 unspecified atom stereocenters. The molecule has 1 rings (SSSR count). The first-order valence-corrected chi connectivity index (χ1v) is 4.36. The molecule has 0 aliphatic heterocycles. The Labute approximate surface area is 68.7 Å². The van der Waals surface area contributed by atoms with Crippen LogP contribution < -0.4 is 16.6 Å². The van der Waals surface area contributed by atoms with E-state index in [9.17, 15) is 8.42 Å². The summed E-state index contributed by atoms with van der Waals surface area (Å²) in [5.74, 6) is -0.103. The zero-order chi connectivity index (χ0) is 9.35. The number of anilines is 2. The molecule has 0 saturated heterocycles. The highest BCUT2D eigenvalue weighted by atomic mass is 32.2. The first-order valence-electron chi connectivity index (χ1n) is 2.82. The second-order valence-corrected chi connectivity index (χ2v) is 3.49. The van der Waals surface area contributed by atoms with E-state index in [1.165, 1.54) is 0 Å². The summed E-state index contributed by atoms with van der Waals surface area (Å²) in [4.78, 5) is 6.75. The Balaban J connectivity index is 3.33. The van der Waals surface area contributed by atoms with Gasteiger partial charge in [-0.1, -0.05) is 0 Å². The molecule has 7 nitrogen and oxygen atoms in total. The maximum absolute atomic E-state index is 10.7. The molecule has 8 heteroatoms. The van der Waals surface area contributed by atoms with E-state index in [4.69, 9.17) is 16.6 Å². The molecule has 1 aromatic heterocycles. The van der Waals surface area contributed by atoms with Gasteiger partial charge in [-0.05, 0) is 0 Å². The Morgan fingerprint density at radius 3 is 2.33 bits per heavy atom. The van der Waals surface area contributed by atoms with E-state index in [1.54, 1.807) is 0 Å². The van der Waals surface area contributed by atoms with E-state index < -0.39 is 15.2 Å². The number of nitrogens with two attached hydrogens (primary N) is 3. The molecular formula is C4H7N5O2S. The van der Waals surface area contributed by atoms with Crippen LogP contribution in [0.5, 0.6) is 0 Å². The van der Waals surface area contributed by atoms with Crippen LogP contribution >= 0.6 is 0 Å². The van der Waals surface area contributed by atoms with Gasteiger partial charge in [0.05, 0.1) is 11.9 Å². The molecule has 0 aromatic carbocycles. The van der Waals surface area contributed by atoms with Crippen molar-refractivity contribution >= 4 is 21.5 Å². The zero-order valence-corrected chi connectivity index (χ0v) is 6.75. The Bertz CT molecular complexity index is 400. The highest BCUT2D eigenvalue weighted by Gasteiger charge is 2.12. The molecule has 0 atom stereocenters. The van der Waals surface area contributed by atoms with Crippen molar-refractivity contribution < 1.29 is 8.42 Å². The Morgan fingerprint density at radius 2 is 1.92 bits per heavy atom. The number of hydrogen-bond acceptors (Lipinski definition) is 6. The number of nitrogen functional groups attached to an aromatic ring is 2. The summed E-state index contributed by atoms with van der Waals surface area (Å²) in [7, 11) is -3.90. The quantitative estimate of drug-likeness (QED) is 0.449. The maximum Gasteiger partial charge on any atom is 0.273 e. The summed E-state index contributed by atoms with van der Waals surface area (Å²) in [6.45, 7) is 0. The third-order valence-electron chi connectivity index (χ3n) is 1.08. The number of hydrogen-bond donors (Lipinski definition) is 3. The van der Waals surface area contributed by atoms with Crippen LogP contribution in [0.15, 0.2) is 11.4 Å². The number of rotatable bonds is 1. The average molecular weight is 189 g/mol. The van der Waals surface area contributed by atoms with Gasteiger partial charge >= 0.3 is 0 Å². The molecular weight excluding hydrogens is 182 g/mol. The van der Waals surface area contributed by atoms with Crippen molar-refractivity contribution in [2.75, 3.05) is 11.5 Å². The standard InChI is InChI=1S/C4H7N5O2S/c5-2-1-8-4(9-3(2)6)12(7,10)11/h1H,5H2,(H2,6,8,9)(H2,7,10,11). The minimum atomic E-state index is -3.90. The van der Waals surface area contributed by atoms with Gasteiger partial charge < -0.3 is 11.5 Å². The Hall–Kier alpha value is -1.41. The summed E-state index contributed by atoms with van der Waals surface area (Å²) in [5.41, 5.74) is 10.6. The average Bonchev–Trinajstić information content (AvgIpc) is 1.92. The summed E-state index contributed by atoms with van der Waals surface area (Å²) in [6, 6.07) is 0. The van der Waals surface area contributed by atoms with Crippen LogP contribution in [-0.2, 0) is 10.0 Å². The van der Waals surface area contributed by atoms with Crippen molar-refractivity contribution in [2.45, 2.75) is 5.16 Å². The first kappa shape index (κ1) is 8.68. The van der Waals surface area contributed by atoms with Crippen molar-refractivity contribution in [1.29, 1.82) is 0 Å². The number of sulfonamides is 1. The van der Waals surface area contributed by atoms with E-state index in [2.05, 4.69) is 9.97 Å². The van der Waals surface area contributed by atoms with Gasteiger partial charge in [-0.2, -0.15) is 4.98 Å². The van der Waals surface area contributed by atoms with Gasteiger partial charge in [0.1, 0.15) is 0 Å². The molecule has 0 saturated carbocycles. The summed E-state index contributed by atoms with van der Waals surface area (Å²) in [6.07, 6.45) is 1.09. The zero-order valence-electron chi connectivity index (χ0n) is 5.93. The lowest BCUT2D eigenvalue weighted by Crippen LogP contribution is -2.17. The number of aromatic nitrogens is 2. The van der Waals surface area contributed by atoms with Crippen molar-refractivity contribution in [1.82, 2.24) is 9.97 Å². The lowest BCUT2D eigenvalue weighted by Gasteiger charge is -1.99. The van der Waals surface area contributed by atoms with Gasteiger partial charge in [0, 0.05) is 0 Å². The van der Waals surface area contributed by atoms with Crippen LogP contribution in [0.4, 0.5) is 11.5 Å². The first-order chi connectivity index (χ1) is 5.41. The van der Waals surface area contributed by atoms with Gasteiger partial charge in [-0.25, -0.2) is 18.5 Å². The molecule has 0 amide bonds. The van der Waals surface area contributed by atoms with Gasteiger partial charge in [0.2, 0.25) is 0 Å². The molecule has 0 bridgehead atoms. The molecule has 1 heterocycles. The van der Waals surface area contributed by atoms with E-state index >= 15 is 0 Å². The maximum atomic E-state index is 10.7. The van der Waals surface area contributed by atoms with Gasteiger partial charge in [-0.3, -0.25) is 0 Å². The van der Waals surface area contributed by atoms with Crippen LogP contribution in [0, 0.1) is 0 Å². The van der Waals surface area contributed by atoms with Crippen molar-refractivity contribution in [2.24, 2.45) is 5.14 Å². The topological polar surface area (TPSA) is 138 Å². The van der Waals surface area contributed by atoms with E-state index in [-0.39, 0.29) is 11.5 Å². The predicted molar refractivity (Wildman–Crippen MR) is 42.2 cm³/mol. The highest BCUT2D eigenvalue weighted by molar-refractivity contribution is 7.89. The van der Waals surface area contributed by atoms with Crippen LogP contribution in [0.3, 0.4) is 0 Å². The van der Waals surface area contributed by atoms with Crippen LogP contribution in [0.1, 0.15) is 0 Å². The minimum absolute atomic E-state index is 0.103. The fraction of sp³-hybridized carbons (Fsp3) is 0. The summed E-state index contributed by atoms with van der Waals surface area (Å²) in [5, 5.41) is 4.19. The second kappa shape index (κ2) is 2.57. The molecule has 0 aliphatic rings. The van der Waals surface area contributed by atoms with Crippen molar-refractivity contribution in [3.63, 3.8) is 0 Å². The minimum Gasteiger partial charge on any atom is -0.394 e. The Kier molecular flexibility index (Phi) is 1.86. The molecule has 12 heavy (non-hydrogen) atoms. The monoisotopic (exact) mass is 189 g/mol. The van der Waals surface area contributed by atoms with E-state index in [1.807, 2.05) is 0 Å². The fourth-order valence-corrected chi connectivity index (χ4v) is 0.950. The third-order valence-corrected chi connectivity index (χ3v) is 1.79. The van der Waals surface area contributed by atoms with Gasteiger partial charge in [0.15, 0.2) is 5.82 Å². The van der Waals surface area contributed by atoms with E-state index in [0.717, 1.165) is 6.20 Å².